The van der Waals surface area contributed by atoms with E-state index in [-0.39, 0.29) is 12.1 Å². The molecule has 0 aromatic heterocycles. The first-order valence-electron chi connectivity index (χ1n) is 6.75. The average Bonchev–Trinajstić information content (AvgIpc) is 2.70. The van der Waals surface area contributed by atoms with Crippen molar-refractivity contribution in [1.29, 1.82) is 0 Å². The van der Waals surface area contributed by atoms with Gasteiger partial charge in [0, 0.05) is 6.42 Å². The predicted molar refractivity (Wildman–Crippen MR) is 68.7 cm³/mol. The van der Waals surface area contributed by atoms with Crippen LogP contribution in [0.4, 0.5) is 4.79 Å². The number of hydrogen-bond acceptors (Lipinski definition) is 3. The number of urea groups is 1. The zero-order chi connectivity index (χ0) is 14.1. The third-order valence-corrected chi connectivity index (χ3v) is 3.98. The van der Waals surface area contributed by atoms with Crippen LogP contribution in [0, 0.1) is 0 Å². The second kappa shape index (κ2) is 5.22. The number of benzene rings is 1. The Morgan fingerprint density at radius 1 is 1.35 bits per heavy atom. The molecule has 0 saturated carbocycles. The molecule has 1 aromatic rings. The van der Waals surface area contributed by atoms with E-state index in [1.807, 2.05) is 30.3 Å². The van der Waals surface area contributed by atoms with Crippen LogP contribution in [-0.2, 0) is 16.2 Å². The van der Waals surface area contributed by atoms with E-state index in [0.29, 0.717) is 30.9 Å². The monoisotopic (exact) mass is 277 g/mol. The minimum absolute atomic E-state index is 0.00295. The van der Waals surface area contributed by atoms with Gasteiger partial charge in [0.25, 0.3) is 0 Å². The van der Waals surface area contributed by atoms with Gasteiger partial charge in [0.1, 0.15) is 19.2 Å². The number of amides is 2. The summed E-state index contributed by atoms with van der Waals surface area (Å²) in [5, 5.41) is 10.5. The second-order valence-corrected chi connectivity index (χ2v) is 5.24. The Balaban J connectivity index is 1.67. The predicted octanol–water partition coefficient (Wildman–Crippen LogP) is 0.0543. The first-order valence-corrected chi connectivity index (χ1v) is 6.75. The molecule has 1 aromatic carbocycles. The summed E-state index contributed by atoms with van der Waals surface area (Å²) in [6.45, 7) is 0.846. The van der Waals surface area contributed by atoms with Gasteiger partial charge in [-0.2, -0.15) is 5.06 Å². The van der Waals surface area contributed by atoms with Crippen LogP contribution in [0.3, 0.4) is 0 Å². The Morgan fingerprint density at radius 2 is 2.10 bits per heavy atom. The number of carboxylic acid groups (broad SMARTS) is 1. The number of carboxylic acids is 1. The molecule has 2 aliphatic heterocycles. The molecule has 2 aliphatic rings. The molecule has 2 N–H and O–H groups in total. The summed E-state index contributed by atoms with van der Waals surface area (Å²) in [5.74, 6) is -0.906. The number of carbonyl (C=O) groups is 2. The number of quaternary nitrogens is 1. The number of rotatable bonds is 4. The molecule has 2 amide bonds. The average molecular weight is 277 g/mol. The highest BCUT2D eigenvalue weighted by molar-refractivity contribution is 5.76. The molecule has 0 spiro atoms. The fourth-order valence-corrected chi connectivity index (χ4v) is 2.93. The minimum Gasteiger partial charge on any atom is -0.477 e. The smallest absolute Gasteiger partial charge is 0.442 e. The summed E-state index contributed by atoms with van der Waals surface area (Å²) in [7, 11) is 0. The molecule has 2 saturated heterocycles. The van der Waals surface area contributed by atoms with Gasteiger partial charge in [0.2, 0.25) is 0 Å². The number of nitrogens with one attached hydrogen (secondary N) is 1. The van der Waals surface area contributed by atoms with Crippen LogP contribution < -0.4 is 4.90 Å². The highest BCUT2D eigenvalue weighted by Crippen LogP contribution is 2.18. The van der Waals surface area contributed by atoms with Crippen LogP contribution in [0.15, 0.2) is 30.3 Å². The molecule has 2 bridgehead atoms. The topological polar surface area (TPSA) is 71.3 Å². The maximum Gasteiger partial charge on any atom is 0.442 e. The SMILES string of the molecule is O=C(O)C1CC[C@@H]2C[NH+]1C(=O)N2OCc1ccccc1. The molecule has 2 fully saturated rings. The van der Waals surface area contributed by atoms with Gasteiger partial charge in [-0.1, -0.05) is 30.3 Å². The first-order chi connectivity index (χ1) is 9.66. The molecule has 3 rings (SSSR count). The van der Waals surface area contributed by atoms with Gasteiger partial charge in [-0.25, -0.2) is 14.5 Å². The normalized spacial score (nSPS) is 28.7. The standard InChI is InChI=1S/C14H16N2O4/c17-13(18)12-7-6-11-8-15(12)14(19)16(11)20-9-10-4-2-1-3-5-10/h1-5,11-12H,6-9H2,(H,17,18)/p+1/t11-,12?/m1/s1. The lowest BCUT2D eigenvalue weighted by Gasteiger charge is -2.22. The van der Waals surface area contributed by atoms with Gasteiger partial charge in [-0.15, -0.1) is 0 Å². The lowest BCUT2D eigenvalue weighted by Crippen LogP contribution is -3.18. The van der Waals surface area contributed by atoms with E-state index in [1.54, 1.807) is 0 Å². The van der Waals surface area contributed by atoms with E-state index in [1.165, 1.54) is 5.06 Å². The van der Waals surface area contributed by atoms with Gasteiger partial charge in [0.05, 0.1) is 0 Å². The Morgan fingerprint density at radius 3 is 2.80 bits per heavy atom. The summed E-state index contributed by atoms with van der Waals surface area (Å²) in [6, 6.07) is 8.72. The van der Waals surface area contributed by atoms with Crippen LogP contribution in [-0.4, -0.2) is 40.8 Å². The van der Waals surface area contributed by atoms with Crippen molar-refractivity contribution in [1.82, 2.24) is 5.06 Å². The lowest BCUT2D eigenvalue weighted by molar-refractivity contribution is -0.831. The number of carbonyl (C=O) groups excluding carboxylic acids is 1. The number of hydroxylamine groups is 2. The summed E-state index contributed by atoms with van der Waals surface area (Å²) in [4.78, 5) is 29.5. The fourth-order valence-electron chi connectivity index (χ4n) is 2.93. The summed E-state index contributed by atoms with van der Waals surface area (Å²) in [6.07, 6.45) is 1.20. The summed E-state index contributed by atoms with van der Waals surface area (Å²) < 4.78 is 0. The van der Waals surface area contributed by atoms with Gasteiger partial charge >= 0.3 is 12.0 Å². The van der Waals surface area contributed by atoms with Gasteiger partial charge < -0.3 is 5.11 Å². The van der Waals surface area contributed by atoms with Gasteiger partial charge in [-0.3, -0.25) is 4.84 Å². The molecule has 20 heavy (non-hydrogen) atoms. The van der Waals surface area contributed by atoms with E-state index in [9.17, 15) is 9.59 Å². The Labute approximate surface area is 116 Å². The van der Waals surface area contributed by atoms with Crippen LogP contribution in [0.5, 0.6) is 0 Å². The summed E-state index contributed by atoms with van der Waals surface area (Å²) >= 11 is 0. The van der Waals surface area contributed by atoms with Gasteiger partial charge in [-0.05, 0) is 12.0 Å². The van der Waals surface area contributed by atoms with Crippen LogP contribution in [0.25, 0.3) is 0 Å². The minimum atomic E-state index is -0.906. The van der Waals surface area contributed by atoms with Gasteiger partial charge in [0.15, 0.2) is 6.04 Å². The largest absolute Gasteiger partial charge is 0.477 e. The fraction of sp³-hybridized carbons (Fsp3) is 0.429. The molecule has 2 heterocycles. The van der Waals surface area contributed by atoms with Crippen LogP contribution in [0.1, 0.15) is 18.4 Å². The van der Waals surface area contributed by atoms with Crippen molar-refractivity contribution < 1.29 is 24.4 Å². The van der Waals surface area contributed by atoms with E-state index in [4.69, 9.17) is 9.94 Å². The van der Waals surface area contributed by atoms with E-state index in [0.717, 1.165) is 5.56 Å². The zero-order valence-corrected chi connectivity index (χ0v) is 11.0. The molecule has 2 unspecified atom stereocenters. The van der Waals surface area contributed by atoms with E-state index in [2.05, 4.69) is 0 Å². The number of nitrogens with zero attached hydrogens (tertiary/aromatic N) is 1. The molecule has 6 heteroatoms. The second-order valence-electron chi connectivity index (χ2n) is 5.24. The number of fused-ring (bicyclic) bond motifs is 2. The third kappa shape index (κ3) is 2.28. The van der Waals surface area contributed by atoms with Crippen molar-refractivity contribution in [3.8, 4) is 0 Å². The first kappa shape index (κ1) is 13.1. The molecule has 3 atom stereocenters. The van der Waals surface area contributed by atoms with Crippen molar-refractivity contribution in [3.05, 3.63) is 35.9 Å². The van der Waals surface area contributed by atoms with Crippen molar-refractivity contribution in [2.24, 2.45) is 0 Å². The third-order valence-electron chi connectivity index (χ3n) is 3.98. The molecule has 0 radical (unpaired) electrons. The van der Waals surface area contributed by atoms with Crippen molar-refractivity contribution >= 4 is 12.0 Å². The maximum atomic E-state index is 12.2. The van der Waals surface area contributed by atoms with Crippen LogP contribution in [0.2, 0.25) is 0 Å². The lowest BCUT2D eigenvalue weighted by atomic mass is 10.0. The van der Waals surface area contributed by atoms with Crippen molar-refractivity contribution in [2.75, 3.05) is 6.54 Å². The number of hydrogen-bond donors (Lipinski definition) is 2. The van der Waals surface area contributed by atoms with E-state index >= 15 is 0 Å². The molecule has 0 aliphatic carbocycles. The Bertz CT molecular complexity index is 519. The molecular formula is C14H17N2O4+. The number of piperidine rings is 1. The Hall–Kier alpha value is -1.92. The van der Waals surface area contributed by atoms with Crippen molar-refractivity contribution in [3.63, 3.8) is 0 Å². The number of aliphatic carboxylic acids is 1. The Kier molecular flexibility index (Phi) is 3.42. The molecular weight excluding hydrogens is 260 g/mol. The molecule has 106 valence electrons. The maximum absolute atomic E-state index is 12.2. The summed E-state index contributed by atoms with van der Waals surface area (Å²) in [5.41, 5.74) is 0.988. The highest BCUT2D eigenvalue weighted by atomic mass is 16.7. The van der Waals surface area contributed by atoms with E-state index < -0.39 is 12.0 Å². The highest BCUT2D eigenvalue weighted by Gasteiger charge is 2.53. The zero-order valence-electron chi connectivity index (χ0n) is 11.0. The quantitative estimate of drug-likeness (QED) is 0.816. The van der Waals surface area contributed by atoms with Crippen molar-refractivity contribution in [2.45, 2.75) is 31.5 Å². The molecule has 6 nitrogen and oxygen atoms in total. The van der Waals surface area contributed by atoms with Crippen LogP contribution >= 0.6 is 0 Å².